The average molecular weight is 407 g/mol. The normalized spacial score (nSPS) is 32.4. The van der Waals surface area contributed by atoms with Crippen LogP contribution >= 0.6 is 0 Å². The van der Waals surface area contributed by atoms with Crippen LogP contribution in [0.5, 0.6) is 0 Å². The maximum atomic E-state index is 12.3. The number of aliphatic hydroxyl groups is 3. The number of nitrogens with zero attached hydrogens (tertiary/aromatic N) is 3. The Morgan fingerprint density at radius 1 is 1.28 bits per heavy atom. The standard InChI is InChI=1S/C17H25N7O5/c25-5-9-11(23-10(26)4-8-2-1-3-18-8)13(27)14(28)17(29-9)24-16-12-15(20-6-19-12)21-7-22-16/h6-9,11,13-14,17-18,25,27-28H,1-5H2,(H,23,26)(H2,19,20,21,22,24)/t8-,9+,11+,13-,14+,17+/m1/s1. The van der Waals surface area contributed by atoms with Crippen molar-refractivity contribution in [2.45, 2.75) is 55.9 Å². The largest absolute Gasteiger partial charge is 0.394 e. The summed E-state index contributed by atoms with van der Waals surface area (Å²) in [5, 5.41) is 39.7. The molecule has 4 heterocycles. The highest BCUT2D eigenvalue weighted by molar-refractivity contribution is 5.82. The van der Waals surface area contributed by atoms with Crippen LogP contribution < -0.4 is 16.0 Å². The third-order valence-corrected chi connectivity index (χ3v) is 5.35. The van der Waals surface area contributed by atoms with Gasteiger partial charge in [0.25, 0.3) is 0 Å². The molecule has 0 aromatic carbocycles. The molecular weight excluding hydrogens is 382 g/mol. The molecule has 158 valence electrons. The summed E-state index contributed by atoms with van der Waals surface area (Å²) < 4.78 is 5.74. The lowest BCUT2D eigenvalue weighted by Crippen LogP contribution is -2.66. The quantitative estimate of drug-likeness (QED) is 0.279. The van der Waals surface area contributed by atoms with E-state index in [0.29, 0.717) is 17.0 Å². The van der Waals surface area contributed by atoms with Crippen molar-refractivity contribution < 1.29 is 24.9 Å². The predicted molar refractivity (Wildman–Crippen MR) is 101 cm³/mol. The minimum Gasteiger partial charge on any atom is -0.394 e. The van der Waals surface area contributed by atoms with E-state index in [1.165, 1.54) is 12.7 Å². The van der Waals surface area contributed by atoms with Crippen LogP contribution in [0, 0.1) is 0 Å². The number of hydrogen-bond acceptors (Lipinski definition) is 10. The number of H-pyrrole nitrogens is 1. The molecular formula is C17H25N7O5. The van der Waals surface area contributed by atoms with Crippen molar-refractivity contribution in [1.29, 1.82) is 0 Å². The summed E-state index contributed by atoms with van der Waals surface area (Å²) in [4.78, 5) is 27.4. The summed E-state index contributed by atoms with van der Waals surface area (Å²) in [6.45, 7) is 0.433. The molecule has 0 saturated carbocycles. The Morgan fingerprint density at radius 2 is 2.14 bits per heavy atom. The summed E-state index contributed by atoms with van der Waals surface area (Å²) in [5.74, 6) is 0.0549. The van der Waals surface area contributed by atoms with E-state index in [1.807, 2.05) is 0 Å². The minimum atomic E-state index is -1.37. The number of fused-ring (bicyclic) bond motifs is 1. The number of ether oxygens (including phenoxy) is 1. The SMILES string of the molecule is O=C(C[C@H]1CCCN1)N[C@@H]1[C@@H](O)[C@H](O)[C@@H](Nc2ncnc3nc[nH]c23)O[C@H]1CO. The number of amides is 1. The van der Waals surface area contributed by atoms with Crippen molar-refractivity contribution in [2.75, 3.05) is 18.5 Å². The van der Waals surface area contributed by atoms with Crippen molar-refractivity contribution in [1.82, 2.24) is 30.6 Å². The molecule has 2 aliphatic rings. The molecule has 7 N–H and O–H groups in total. The molecule has 0 unspecified atom stereocenters. The zero-order valence-electron chi connectivity index (χ0n) is 15.7. The summed E-state index contributed by atoms with van der Waals surface area (Å²) in [7, 11) is 0. The number of hydrogen-bond donors (Lipinski definition) is 7. The lowest BCUT2D eigenvalue weighted by molar-refractivity contribution is -0.185. The maximum absolute atomic E-state index is 12.3. The van der Waals surface area contributed by atoms with E-state index in [9.17, 15) is 20.1 Å². The van der Waals surface area contributed by atoms with E-state index in [2.05, 4.69) is 35.9 Å². The van der Waals surface area contributed by atoms with E-state index >= 15 is 0 Å². The molecule has 2 aromatic heterocycles. The lowest BCUT2D eigenvalue weighted by Gasteiger charge is -2.42. The van der Waals surface area contributed by atoms with Gasteiger partial charge in [-0.15, -0.1) is 0 Å². The van der Waals surface area contributed by atoms with Gasteiger partial charge in [-0.1, -0.05) is 0 Å². The zero-order chi connectivity index (χ0) is 20.4. The van der Waals surface area contributed by atoms with Gasteiger partial charge in [-0.05, 0) is 19.4 Å². The van der Waals surface area contributed by atoms with E-state index in [0.717, 1.165) is 19.4 Å². The Morgan fingerprint density at radius 3 is 2.90 bits per heavy atom. The molecule has 2 aliphatic heterocycles. The summed E-state index contributed by atoms with van der Waals surface area (Å²) in [6, 6.07) is -0.849. The van der Waals surface area contributed by atoms with E-state index in [-0.39, 0.29) is 18.4 Å². The molecule has 0 radical (unpaired) electrons. The number of aromatic amines is 1. The van der Waals surface area contributed by atoms with Gasteiger partial charge in [0, 0.05) is 12.5 Å². The number of nitrogens with one attached hydrogen (secondary N) is 4. The minimum absolute atomic E-state index is 0.0955. The molecule has 2 fully saturated rings. The summed E-state index contributed by atoms with van der Waals surface area (Å²) in [6.07, 6.45) is 0.260. The van der Waals surface area contributed by atoms with E-state index in [4.69, 9.17) is 4.74 Å². The molecule has 0 bridgehead atoms. The highest BCUT2D eigenvalue weighted by atomic mass is 16.5. The molecule has 6 atom stereocenters. The number of carbonyl (C=O) groups excluding carboxylic acids is 1. The monoisotopic (exact) mass is 407 g/mol. The van der Waals surface area contributed by atoms with Gasteiger partial charge in [-0.3, -0.25) is 4.79 Å². The van der Waals surface area contributed by atoms with Crippen molar-refractivity contribution in [3.63, 3.8) is 0 Å². The third-order valence-electron chi connectivity index (χ3n) is 5.35. The molecule has 2 aromatic rings. The first-order valence-corrected chi connectivity index (χ1v) is 9.62. The molecule has 29 heavy (non-hydrogen) atoms. The number of carbonyl (C=O) groups is 1. The van der Waals surface area contributed by atoms with Crippen molar-refractivity contribution >= 4 is 22.9 Å². The second-order valence-electron chi connectivity index (χ2n) is 7.32. The molecule has 2 saturated heterocycles. The summed E-state index contributed by atoms with van der Waals surface area (Å²) in [5.41, 5.74) is 0.940. The number of anilines is 1. The first-order chi connectivity index (χ1) is 14.1. The van der Waals surface area contributed by atoms with Gasteiger partial charge in [0.2, 0.25) is 5.91 Å². The smallest absolute Gasteiger partial charge is 0.221 e. The Labute approximate surface area is 166 Å². The van der Waals surface area contributed by atoms with Crippen LogP contribution in [0.3, 0.4) is 0 Å². The molecule has 0 spiro atoms. The highest BCUT2D eigenvalue weighted by Crippen LogP contribution is 2.24. The summed E-state index contributed by atoms with van der Waals surface area (Å²) >= 11 is 0. The molecule has 4 rings (SSSR count). The molecule has 12 nitrogen and oxygen atoms in total. The van der Waals surface area contributed by atoms with Crippen LogP contribution in [0.25, 0.3) is 11.2 Å². The Bertz CT molecular complexity index is 840. The average Bonchev–Trinajstić information content (AvgIpc) is 3.39. The molecule has 12 heteroatoms. The molecule has 0 aliphatic carbocycles. The fourth-order valence-corrected chi connectivity index (χ4v) is 3.83. The second kappa shape index (κ2) is 8.55. The zero-order valence-corrected chi connectivity index (χ0v) is 15.7. The van der Waals surface area contributed by atoms with Gasteiger partial charge in [0.05, 0.1) is 19.0 Å². The second-order valence-corrected chi connectivity index (χ2v) is 7.32. The predicted octanol–water partition coefficient (Wildman–Crippen LogP) is -2.17. The van der Waals surface area contributed by atoms with Crippen molar-refractivity contribution in [3.8, 4) is 0 Å². The third kappa shape index (κ3) is 4.16. The first-order valence-electron chi connectivity index (χ1n) is 9.62. The van der Waals surface area contributed by atoms with Crippen molar-refractivity contribution in [2.24, 2.45) is 0 Å². The van der Waals surface area contributed by atoms with Gasteiger partial charge in [0.15, 0.2) is 17.7 Å². The van der Waals surface area contributed by atoms with E-state index < -0.39 is 37.2 Å². The van der Waals surface area contributed by atoms with Crippen LogP contribution in [0.4, 0.5) is 5.82 Å². The highest BCUT2D eigenvalue weighted by Gasteiger charge is 2.45. The number of aliphatic hydroxyl groups excluding tert-OH is 3. The first kappa shape index (κ1) is 19.9. The number of rotatable bonds is 6. The fraction of sp³-hybridized carbons (Fsp3) is 0.647. The van der Waals surface area contributed by atoms with E-state index in [1.54, 1.807) is 0 Å². The van der Waals surface area contributed by atoms with Crippen LogP contribution in [-0.4, -0.2) is 90.9 Å². The Hall–Kier alpha value is -2.38. The van der Waals surface area contributed by atoms with Crippen LogP contribution in [0.1, 0.15) is 19.3 Å². The Balaban J connectivity index is 1.44. The topological polar surface area (TPSA) is 178 Å². The number of imidazole rings is 1. The Kier molecular flexibility index (Phi) is 5.87. The van der Waals surface area contributed by atoms with Gasteiger partial charge >= 0.3 is 0 Å². The van der Waals surface area contributed by atoms with Gasteiger partial charge in [-0.2, -0.15) is 0 Å². The maximum Gasteiger partial charge on any atom is 0.221 e. The molecule has 1 amide bonds. The van der Waals surface area contributed by atoms with Crippen LogP contribution in [-0.2, 0) is 9.53 Å². The van der Waals surface area contributed by atoms with Gasteiger partial charge in [-0.25, -0.2) is 15.0 Å². The number of aromatic nitrogens is 4. The van der Waals surface area contributed by atoms with Crippen molar-refractivity contribution in [3.05, 3.63) is 12.7 Å². The van der Waals surface area contributed by atoms with Gasteiger partial charge < -0.3 is 41.0 Å². The van der Waals surface area contributed by atoms with Gasteiger partial charge in [0.1, 0.15) is 30.2 Å². The van der Waals surface area contributed by atoms with Crippen LogP contribution in [0.15, 0.2) is 12.7 Å². The fourth-order valence-electron chi connectivity index (χ4n) is 3.83. The lowest BCUT2D eigenvalue weighted by atomic mass is 9.95. The van der Waals surface area contributed by atoms with Crippen LogP contribution in [0.2, 0.25) is 0 Å².